The third kappa shape index (κ3) is 7.33. The van der Waals surface area contributed by atoms with Crippen LogP contribution in [0, 0.1) is 21.4 Å². The summed E-state index contributed by atoms with van der Waals surface area (Å²) < 4.78 is 16.3. The number of benzene rings is 2. The molecule has 0 heterocycles. The molecule has 0 unspecified atom stereocenters. The Labute approximate surface area is 198 Å². The van der Waals surface area contributed by atoms with E-state index in [9.17, 15) is 25.0 Å². The molecule has 0 atom stereocenters. The number of nitrogens with one attached hydrogen (secondary N) is 1. The van der Waals surface area contributed by atoms with Gasteiger partial charge in [0, 0.05) is 22.3 Å². The molecular formula is C22H20BrN3O7. The van der Waals surface area contributed by atoms with E-state index in [1.807, 2.05) is 6.07 Å². The second kappa shape index (κ2) is 12.2. The molecule has 0 aliphatic carbocycles. The lowest BCUT2D eigenvalue weighted by atomic mass is 10.1. The lowest BCUT2D eigenvalue weighted by molar-refractivity contribution is -0.384. The minimum Gasteiger partial charge on any atom is -0.490 e. The first kappa shape index (κ1) is 25.4. The molecule has 1 N–H and O–H groups in total. The summed E-state index contributed by atoms with van der Waals surface area (Å²) >= 11 is 3.36. The van der Waals surface area contributed by atoms with Gasteiger partial charge in [-0.05, 0) is 43.7 Å². The number of rotatable bonds is 10. The predicted molar refractivity (Wildman–Crippen MR) is 123 cm³/mol. The number of hydrogen-bond donors (Lipinski definition) is 1. The van der Waals surface area contributed by atoms with Gasteiger partial charge in [-0.2, -0.15) is 5.26 Å². The van der Waals surface area contributed by atoms with Gasteiger partial charge in [-0.3, -0.25) is 14.9 Å². The van der Waals surface area contributed by atoms with Gasteiger partial charge in [-0.15, -0.1) is 0 Å². The number of nitro groups is 1. The van der Waals surface area contributed by atoms with Crippen LogP contribution in [0.1, 0.15) is 19.4 Å². The van der Waals surface area contributed by atoms with Crippen LogP contribution < -0.4 is 14.8 Å². The Balaban J connectivity index is 2.30. The Morgan fingerprint density at radius 3 is 2.55 bits per heavy atom. The molecule has 0 aliphatic heterocycles. The molecule has 172 valence electrons. The van der Waals surface area contributed by atoms with Crippen molar-refractivity contribution in [3.8, 4) is 17.6 Å². The molecule has 2 aromatic rings. The monoisotopic (exact) mass is 517 g/mol. The second-order valence-electron chi connectivity index (χ2n) is 6.28. The van der Waals surface area contributed by atoms with E-state index in [1.54, 1.807) is 26.0 Å². The van der Waals surface area contributed by atoms with Crippen LogP contribution in [-0.2, 0) is 14.3 Å². The fraction of sp³-hybridized carbons (Fsp3) is 0.227. The Morgan fingerprint density at radius 1 is 1.18 bits per heavy atom. The van der Waals surface area contributed by atoms with E-state index in [0.29, 0.717) is 22.4 Å². The second-order valence-corrected chi connectivity index (χ2v) is 7.13. The number of nitriles is 1. The third-order valence-electron chi connectivity index (χ3n) is 3.99. The molecule has 0 spiro atoms. The zero-order valence-electron chi connectivity index (χ0n) is 17.8. The van der Waals surface area contributed by atoms with Gasteiger partial charge in [0.05, 0.1) is 18.1 Å². The van der Waals surface area contributed by atoms with Crippen LogP contribution in [0.15, 0.2) is 46.4 Å². The van der Waals surface area contributed by atoms with Gasteiger partial charge in [-0.1, -0.05) is 22.0 Å². The van der Waals surface area contributed by atoms with Crippen molar-refractivity contribution in [2.75, 3.05) is 25.1 Å². The summed E-state index contributed by atoms with van der Waals surface area (Å²) in [5.74, 6) is -0.712. The van der Waals surface area contributed by atoms with Crippen molar-refractivity contribution in [3.05, 3.63) is 62.1 Å². The molecule has 33 heavy (non-hydrogen) atoms. The number of ether oxygens (including phenoxy) is 3. The standard InChI is InChI=1S/C22H20BrN3O7/c1-3-31-19-9-14(18(23)11-20(19)33-13-21(27)32-4-2)8-15(12-24)22(28)25-16-6-5-7-17(10-16)26(29)30/h5-11H,3-4,13H2,1-2H3,(H,25,28)/b15-8+. The molecule has 0 bridgehead atoms. The minimum atomic E-state index is -0.745. The lowest BCUT2D eigenvalue weighted by Crippen LogP contribution is -2.15. The number of esters is 1. The fourth-order valence-corrected chi connectivity index (χ4v) is 3.02. The summed E-state index contributed by atoms with van der Waals surface area (Å²) in [6.07, 6.45) is 1.33. The number of amides is 1. The van der Waals surface area contributed by atoms with E-state index in [1.165, 1.54) is 30.3 Å². The Kier molecular flexibility index (Phi) is 9.38. The average molecular weight is 518 g/mol. The number of non-ortho nitro benzene ring substituents is 1. The highest BCUT2D eigenvalue weighted by Gasteiger charge is 2.16. The van der Waals surface area contributed by atoms with Crippen molar-refractivity contribution in [2.45, 2.75) is 13.8 Å². The summed E-state index contributed by atoms with van der Waals surface area (Å²) in [6.45, 7) is 3.66. The maximum atomic E-state index is 12.6. The van der Waals surface area contributed by atoms with Crippen LogP contribution in [-0.4, -0.2) is 36.6 Å². The normalized spacial score (nSPS) is 10.7. The molecule has 2 aromatic carbocycles. The van der Waals surface area contributed by atoms with Crippen LogP contribution in [0.5, 0.6) is 11.5 Å². The molecule has 10 nitrogen and oxygen atoms in total. The van der Waals surface area contributed by atoms with E-state index in [0.717, 1.165) is 0 Å². The molecule has 2 rings (SSSR count). The predicted octanol–water partition coefficient (Wildman–Crippen LogP) is 4.24. The maximum absolute atomic E-state index is 12.6. The highest BCUT2D eigenvalue weighted by Crippen LogP contribution is 2.35. The van der Waals surface area contributed by atoms with Crippen molar-refractivity contribution >= 4 is 45.3 Å². The van der Waals surface area contributed by atoms with E-state index < -0.39 is 16.8 Å². The fourth-order valence-electron chi connectivity index (χ4n) is 2.58. The highest BCUT2D eigenvalue weighted by molar-refractivity contribution is 9.10. The van der Waals surface area contributed by atoms with Crippen molar-refractivity contribution in [2.24, 2.45) is 0 Å². The van der Waals surface area contributed by atoms with Crippen molar-refractivity contribution in [3.63, 3.8) is 0 Å². The summed E-state index contributed by atoms with van der Waals surface area (Å²) in [5, 5.41) is 22.9. The number of carbonyl (C=O) groups excluding carboxylic acids is 2. The van der Waals surface area contributed by atoms with Crippen molar-refractivity contribution < 1.29 is 28.7 Å². The smallest absolute Gasteiger partial charge is 0.344 e. The van der Waals surface area contributed by atoms with E-state index in [2.05, 4.69) is 21.2 Å². The Hall–Kier alpha value is -3.91. The summed E-state index contributed by atoms with van der Waals surface area (Å²) in [7, 11) is 0. The number of carbonyl (C=O) groups is 2. The van der Waals surface area contributed by atoms with E-state index in [4.69, 9.17) is 14.2 Å². The minimum absolute atomic E-state index is 0.173. The van der Waals surface area contributed by atoms with Crippen LogP contribution in [0.3, 0.4) is 0 Å². The largest absolute Gasteiger partial charge is 0.490 e. The zero-order chi connectivity index (χ0) is 24.4. The number of hydrogen-bond acceptors (Lipinski definition) is 8. The summed E-state index contributed by atoms with van der Waals surface area (Å²) in [4.78, 5) is 34.5. The highest BCUT2D eigenvalue weighted by atomic mass is 79.9. The zero-order valence-corrected chi connectivity index (χ0v) is 19.4. The molecule has 0 fully saturated rings. The van der Waals surface area contributed by atoms with Gasteiger partial charge < -0.3 is 19.5 Å². The molecule has 1 amide bonds. The van der Waals surface area contributed by atoms with Gasteiger partial charge in [0.15, 0.2) is 18.1 Å². The quantitative estimate of drug-likeness (QED) is 0.162. The lowest BCUT2D eigenvalue weighted by Gasteiger charge is -2.14. The van der Waals surface area contributed by atoms with E-state index >= 15 is 0 Å². The third-order valence-corrected chi connectivity index (χ3v) is 4.68. The SMILES string of the molecule is CCOC(=O)COc1cc(Br)c(/C=C(\C#N)C(=O)Nc2cccc([N+](=O)[O-])c2)cc1OCC. The van der Waals surface area contributed by atoms with Crippen LogP contribution >= 0.6 is 15.9 Å². The first-order chi connectivity index (χ1) is 15.8. The topological polar surface area (TPSA) is 141 Å². The summed E-state index contributed by atoms with van der Waals surface area (Å²) in [5.41, 5.74) is 0.169. The van der Waals surface area contributed by atoms with Gasteiger partial charge in [-0.25, -0.2) is 4.79 Å². The van der Waals surface area contributed by atoms with E-state index in [-0.39, 0.29) is 35.9 Å². The molecule has 0 saturated carbocycles. The van der Waals surface area contributed by atoms with Gasteiger partial charge in [0.1, 0.15) is 11.6 Å². The molecular weight excluding hydrogens is 498 g/mol. The van der Waals surface area contributed by atoms with Gasteiger partial charge >= 0.3 is 5.97 Å². The number of nitro benzene ring substituents is 1. The number of nitrogens with zero attached hydrogens (tertiary/aromatic N) is 2. The molecule has 0 saturated heterocycles. The number of anilines is 1. The van der Waals surface area contributed by atoms with Gasteiger partial charge in [0.25, 0.3) is 11.6 Å². The van der Waals surface area contributed by atoms with Gasteiger partial charge in [0.2, 0.25) is 0 Å². The Bertz CT molecular complexity index is 1130. The van der Waals surface area contributed by atoms with Crippen LogP contribution in [0.2, 0.25) is 0 Å². The van der Waals surface area contributed by atoms with Crippen LogP contribution in [0.25, 0.3) is 6.08 Å². The molecule has 0 aliphatic rings. The van der Waals surface area contributed by atoms with Crippen molar-refractivity contribution in [1.29, 1.82) is 5.26 Å². The molecule has 11 heteroatoms. The summed E-state index contributed by atoms with van der Waals surface area (Å²) in [6, 6.07) is 10.3. The number of halogens is 1. The average Bonchev–Trinajstić information content (AvgIpc) is 2.78. The van der Waals surface area contributed by atoms with Crippen LogP contribution in [0.4, 0.5) is 11.4 Å². The first-order valence-electron chi connectivity index (χ1n) is 9.71. The Morgan fingerprint density at radius 2 is 1.91 bits per heavy atom. The molecule has 0 aromatic heterocycles. The first-order valence-corrected chi connectivity index (χ1v) is 10.5. The molecule has 0 radical (unpaired) electrons. The van der Waals surface area contributed by atoms with Crippen molar-refractivity contribution in [1.82, 2.24) is 0 Å². The maximum Gasteiger partial charge on any atom is 0.344 e.